The summed E-state index contributed by atoms with van der Waals surface area (Å²) >= 11 is 0. The summed E-state index contributed by atoms with van der Waals surface area (Å²) in [5.41, 5.74) is 0.542. The van der Waals surface area contributed by atoms with E-state index in [1.807, 2.05) is 0 Å². The second-order valence-corrected chi connectivity index (χ2v) is 7.38. The summed E-state index contributed by atoms with van der Waals surface area (Å²) in [6.07, 6.45) is -1.20. The number of para-hydroxylation sites is 2. The standard InChI is InChI=1S/C22H19F3N4O2/c1-28-13-16(14-6-4-7-15(12-14)22(23,24)25)19(21(28)31)20(30)27-17-8-2-3-9-18(17)29-11-5-10-26-29/h2-12,16,19H,13H2,1H3,(H,27,30)/t16-,19+/m1/s1. The third kappa shape index (κ3) is 4.03. The molecule has 2 aromatic carbocycles. The van der Waals surface area contributed by atoms with E-state index in [2.05, 4.69) is 10.4 Å². The van der Waals surface area contributed by atoms with E-state index in [-0.39, 0.29) is 6.54 Å². The van der Waals surface area contributed by atoms with Gasteiger partial charge in [0.05, 0.1) is 16.9 Å². The molecule has 0 bridgehead atoms. The van der Waals surface area contributed by atoms with Crippen molar-refractivity contribution in [3.63, 3.8) is 0 Å². The third-order valence-corrected chi connectivity index (χ3v) is 5.35. The Hall–Kier alpha value is -3.62. The molecule has 31 heavy (non-hydrogen) atoms. The van der Waals surface area contributed by atoms with Gasteiger partial charge in [-0.2, -0.15) is 18.3 Å². The van der Waals surface area contributed by atoms with Gasteiger partial charge in [0.1, 0.15) is 5.92 Å². The molecule has 160 valence electrons. The van der Waals surface area contributed by atoms with Crippen molar-refractivity contribution >= 4 is 17.5 Å². The summed E-state index contributed by atoms with van der Waals surface area (Å²) in [6.45, 7) is 0.152. The molecule has 1 N–H and O–H groups in total. The first kappa shape index (κ1) is 20.6. The number of likely N-dealkylation sites (N-methyl/N-ethyl adjacent to an activating group) is 1. The highest BCUT2D eigenvalue weighted by atomic mass is 19.4. The smallest absolute Gasteiger partial charge is 0.344 e. The van der Waals surface area contributed by atoms with Gasteiger partial charge < -0.3 is 10.2 Å². The van der Waals surface area contributed by atoms with Crippen LogP contribution in [0.4, 0.5) is 18.9 Å². The maximum Gasteiger partial charge on any atom is 0.416 e. The Bertz CT molecular complexity index is 1110. The summed E-state index contributed by atoms with van der Waals surface area (Å²) in [6, 6.07) is 13.5. The number of hydrogen-bond acceptors (Lipinski definition) is 3. The number of carbonyl (C=O) groups excluding carboxylic acids is 2. The molecule has 2 heterocycles. The van der Waals surface area contributed by atoms with Gasteiger partial charge in [0.15, 0.2) is 0 Å². The van der Waals surface area contributed by atoms with Crippen molar-refractivity contribution in [3.8, 4) is 5.69 Å². The Morgan fingerprint density at radius 1 is 1.13 bits per heavy atom. The van der Waals surface area contributed by atoms with Gasteiger partial charge in [-0.05, 0) is 29.8 Å². The fourth-order valence-corrected chi connectivity index (χ4v) is 3.84. The van der Waals surface area contributed by atoms with Crippen molar-refractivity contribution in [2.75, 3.05) is 18.9 Å². The van der Waals surface area contributed by atoms with Gasteiger partial charge in [0.25, 0.3) is 0 Å². The van der Waals surface area contributed by atoms with Crippen LogP contribution in [-0.4, -0.2) is 40.1 Å². The van der Waals surface area contributed by atoms with Gasteiger partial charge in [-0.3, -0.25) is 9.59 Å². The molecule has 1 aromatic heterocycles. The normalized spacial score (nSPS) is 19.0. The Labute approximate surface area is 176 Å². The number of benzene rings is 2. The maximum absolute atomic E-state index is 13.2. The van der Waals surface area contributed by atoms with Crippen molar-refractivity contribution in [1.82, 2.24) is 14.7 Å². The monoisotopic (exact) mass is 428 g/mol. The molecule has 2 atom stereocenters. The molecule has 9 heteroatoms. The van der Waals surface area contributed by atoms with Crippen molar-refractivity contribution in [2.45, 2.75) is 12.1 Å². The zero-order valence-corrected chi connectivity index (χ0v) is 16.5. The first-order chi connectivity index (χ1) is 14.8. The predicted molar refractivity (Wildman–Crippen MR) is 108 cm³/mol. The summed E-state index contributed by atoms with van der Waals surface area (Å²) in [7, 11) is 1.54. The van der Waals surface area contributed by atoms with E-state index in [0.717, 1.165) is 12.1 Å². The SMILES string of the molecule is CN1C[C@H](c2cccc(C(F)(F)F)c2)[C@@H](C(=O)Nc2ccccc2-n2cccn2)C1=O. The summed E-state index contributed by atoms with van der Waals surface area (Å²) < 4.78 is 41.1. The van der Waals surface area contributed by atoms with Gasteiger partial charge >= 0.3 is 6.18 Å². The highest BCUT2D eigenvalue weighted by Crippen LogP contribution is 2.37. The second kappa shape index (κ2) is 7.90. The van der Waals surface area contributed by atoms with E-state index < -0.39 is 35.4 Å². The van der Waals surface area contributed by atoms with Crippen molar-refractivity contribution in [3.05, 3.63) is 78.1 Å². The molecule has 2 amide bonds. The van der Waals surface area contributed by atoms with Crippen LogP contribution in [-0.2, 0) is 15.8 Å². The number of carbonyl (C=O) groups is 2. The molecular weight excluding hydrogens is 409 g/mol. The Kier molecular flexibility index (Phi) is 5.26. The number of anilines is 1. The van der Waals surface area contributed by atoms with E-state index in [1.165, 1.54) is 24.1 Å². The van der Waals surface area contributed by atoms with Crippen molar-refractivity contribution in [1.29, 1.82) is 0 Å². The Morgan fingerprint density at radius 2 is 1.90 bits per heavy atom. The average Bonchev–Trinajstić information content (AvgIpc) is 3.37. The Morgan fingerprint density at radius 3 is 2.61 bits per heavy atom. The number of rotatable bonds is 4. The van der Waals surface area contributed by atoms with Crippen molar-refractivity contribution in [2.24, 2.45) is 5.92 Å². The first-order valence-electron chi connectivity index (χ1n) is 9.58. The molecule has 0 radical (unpaired) electrons. The molecule has 6 nitrogen and oxygen atoms in total. The van der Waals surface area contributed by atoms with E-state index in [4.69, 9.17) is 0 Å². The second-order valence-electron chi connectivity index (χ2n) is 7.38. The van der Waals surface area contributed by atoms with E-state index in [0.29, 0.717) is 16.9 Å². The molecule has 0 saturated carbocycles. The zero-order valence-electron chi connectivity index (χ0n) is 16.5. The minimum Gasteiger partial charge on any atom is -0.344 e. The molecule has 1 saturated heterocycles. The van der Waals surface area contributed by atoms with Crippen molar-refractivity contribution < 1.29 is 22.8 Å². The highest BCUT2D eigenvalue weighted by molar-refractivity contribution is 6.09. The fourth-order valence-electron chi connectivity index (χ4n) is 3.84. The van der Waals surface area contributed by atoms with Crippen LogP contribution in [0.15, 0.2) is 67.0 Å². The van der Waals surface area contributed by atoms with Gasteiger partial charge in [-0.1, -0.05) is 30.3 Å². The third-order valence-electron chi connectivity index (χ3n) is 5.35. The molecule has 1 aliphatic heterocycles. The van der Waals surface area contributed by atoms with Crippen LogP contribution in [0, 0.1) is 5.92 Å². The van der Waals surface area contributed by atoms with Gasteiger partial charge in [-0.15, -0.1) is 0 Å². The zero-order chi connectivity index (χ0) is 22.2. The van der Waals surface area contributed by atoms with Crippen LogP contribution in [0.3, 0.4) is 0 Å². The minimum absolute atomic E-state index is 0.152. The quantitative estimate of drug-likeness (QED) is 0.645. The highest BCUT2D eigenvalue weighted by Gasteiger charge is 2.45. The van der Waals surface area contributed by atoms with Crippen LogP contribution in [0.1, 0.15) is 17.0 Å². The number of nitrogens with zero attached hydrogens (tertiary/aromatic N) is 3. The number of hydrogen-bond donors (Lipinski definition) is 1. The largest absolute Gasteiger partial charge is 0.416 e. The maximum atomic E-state index is 13.2. The summed E-state index contributed by atoms with van der Waals surface area (Å²) in [5, 5.41) is 6.92. The van der Waals surface area contributed by atoms with E-state index in [1.54, 1.807) is 47.4 Å². The molecule has 1 aliphatic rings. The fraction of sp³-hybridized carbons (Fsp3) is 0.227. The number of likely N-dealkylation sites (tertiary alicyclic amines) is 1. The summed E-state index contributed by atoms with van der Waals surface area (Å²) in [5.74, 6) is -2.84. The minimum atomic E-state index is -4.51. The van der Waals surface area contributed by atoms with Gasteiger partial charge in [0.2, 0.25) is 11.8 Å². The van der Waals surface area contributed by atoms with Crippen LogP contribution in [0.5, 0.6) is 0 Å². The number of amides is 2. The number of alkyl halides is 3. The molecule has 1 fully saturated rings. The van der Waals surface area contributed by atoms with Gasteiger partial charge in [-0.25, -0.2) is 4.68 Å². The van der Waals surface area contributed by atoms with Crippen LogP contribution < -0.4 is 5.32 Å². The van der Waals surface area contributed by atoms with Crippen LogP contribution >= 0.6 is 0 Å². The summed E-state index contributed by atoms with van der Waals surface area (Å²) in [4.78, 5) is 27.3. The first-order valence-corrected chi connectivity index (χ1v) is 9.58. The van der Waals surface area contributed by atoms with E-state index >= 15 is 0 Å². The Balaban J connectivity index is 1.65. The lowest BCUT2D eigenvalue weighted by Gasteiger charge is -2.19. The molecule has 0 spiro atoms. The van der Waals surface area contributed by atoms with Gasteiger partial charge in [0, 0.05) is 31.9 Å². The lowest BCUT2D eigenvalue weighted by molar-refractivity contribution is -0.137. The molecule has 0 unspecified atom stereocenters. The number of halogens is 3. The molecule has 0 aliphatic carbocycles. The lowest BCUT2D eigenvalue weighted by atomic mass is 9.87. The molecular formula is C22H19F3N4O2. The van der Waals surface area contributed by atoms with Crippen LogP contribution in [0.2, 0.25) is 0 Å². The van der Waals surface area contributed by atoms with E-state index in [9.17, 15) is 22.8 Å². The predicted octanol–water partition coefficient (Wildman–Crippen LogP) is 3.70. The molecule has 4 rings (SSSR count). The average molecular weight is 428 g/mol. The lowest BCUT2D eigenvalue weighted by Crippen LogP contribution is -2.33. The number of aromatic nitrogens is 2. The number of nitrogens with one attached hydrogen (secondary N) is 1. The topological polar surface area (TPSA) is 67.2 Å². The molecule has 3 aromatic rings. The van der Waals surface area contributed by atoms with Crippen LogP contribution in [0.25, 0.3) is 5.69 Å².